The summed E-state index contributed by atoms with van der Waals surface area (Å²) in [5, 5.41) is 0. The molecule has 0 spiro atoms. The van der Waals surface area contributed by atoms with Gasteiger partial charge >= 0.3 is 0 Å². The van der Waals surface area contributed by atoms with E-state index in [1.165, 1.54) is 29.6 Å². The maximum atomic E-state index is 12.9. The van der Waals surface area contributed by atoms with Crippen LogP contribution in [0.4, 0.5) is 11.5 Å². The van der Waals surface area contributed by atoms with Gasteiger partial charge in [0, 0.05) is 51.0 Å². The Kier molecular flexibility index (Phi) is 5.69. The fourth-order valence-corrected chi connectivity index (χ4v) is 4.43. The molecule has 1 aromatic carbocycles. The van der Waals surface area contributed by atoms with E-state index in [1.807, 2.05) is 11.0 Å². The average molecular weight is 394 g/mol. The minimum Gasteiger partial charge on any atom is -0.368 e. The van der Waals surface area contributed by atoms with Crippen molar-refractivity contribution in [1.82, 2.24) is 14.9 Å². The zero-order valence-electron chi connectivity index (χ0n) is 17.8. The molecule has 2 aliphatic heterocycles. The van der Waals surface area contributed by atoms with Gasteiger partial charge in [-0.2, -0.15) is 0 Å². The highest BCUT2D eigenvalue weighted by atomic mass is 16.2. The zero-order chi connectivity index (χ0) is 20.4. The number of benzene rings is 1. The van der Waals surface area contributed by atoms with E-state index in [4.69, 9.17) is 0 Å². The van der Waals surface area contributed by atoms with Gasteiger partial charge in [0.25, 0.3) is 5.91 Å². The zero-order valence-corrected chi connectivity index (χ0v) is 17.8. The molecule has 3 heterocycles. The summed E-state index contributed by atoms with van der Waals surface area (Å²) in [7, 11) is 0. The molecule has 2 aliphatic rings. The molecule has 0 aliphatic carbocycles. The van der Waals surface area contributed by atoms with Crippen molar-refractivity contribution in [1.29, 1.82) is 0 Å². The molecule has 1 amide bonds. The van der Waals surface area contributed by atoms with Crippen molar-refractivity contribution < 1.29 is 4.79 Å². The summed E-state index contributed by atoms with van der Waals surface area (Å²) in [4.78, 5) is 28.3. The lowest BCUT2D eigenvalue weighted by Crippen LogP contribution is -2.47. The maximum absolute atomic E-state index is 12.9. The minimum absolute atomic E-state index is 0.0363. The number of aromatic nitrogens is 2. The highest BCUT2D eigenvalue weighted by Gasteiger charge is 2.25. The highest BCUT2D eigenvalue weighted by Crippen LogP contribution is 2.25. The minimum atomic E-state index is 0.0363. The molecule has 0 bridgehead atoms. The van der Waals surface area contributed by atoms with Crippen LogP contribution in [0.15, 0.2) is 30.6 Å². The SMILES string of the molecule is Cc1cccc(N2CCN(c3cc(C(=O)N4CCCC(C)C4)ncn3)CC2)c1C. The Morgan fingerprint density at radius 2 is 1.79 bits per heavy atom. The van der Waals surface area contributed by atoms with Crippen LogP contribution in [0.25, 0.3) is 0 Å². The van der Waals surface area contributed by atoms with E-state index in [0.29, 0.717) is 11.6 Å². The molecule has 154 valence electrons. The number of hydrogen-bond donors (Lipinski definition) is 0. The lowest BCUT2D eigenvalue weighted by molar-refractivity contribution is 0.0677. The lowest BCUT2D eigenvalue weighted by Gasteiger charge is -2.37. The molecule has 2 fully saturated rings. The van der Waals surface area contributed by atoms with Crippen molar-refractivity contribution in [3.63, 3.8) is 0 Å². The van der Waals surface area contributed by atoms with E-state index in [2.05, 4.69) is 58.7 Å². The number of nitrogens with zero attached hydrogens (tertiary/aromatic N) is 5. The summed E-state index contributed by atoms with van der Waals surface area (Å²) >= 11 is 0. The van der Waals surface area contributed by atoms with Crippen LogP contribution in [-0.4, -0.2) is 60.0 Å². The first-order chi connectivity index (χ1) is 14.0. The van der Waals surface area contributed by atoms with Gasteiger partial charge in [0.2, 0.25) is 0 Å². The molecule has 4 rings (SSSR count). The first kappa shape index (κ1) is 19.7. The predicted molar refractivity (Wildman–Crippen MR) is 117 cm³/mol. The molecule has 29 heavy (non-hydrogen) atoms. The Labute approximate surface area is 173 Å². The van der Waals surface area contributed by atoms with E-state index in [0.717, 1.165) is 51.5 Å². The van der Waals surface area contributed by atoms with Crippen LogP contribution >= 0.6 is 0 Å². The predicted octanol–water partition coefficient (Wildman–Crippen LogP) is 3.29. The molecule has 6 heteroatoms. The first-order valence-electron chi connectivity index (χ1n) is 10.7. The fraction of sp³-hybridized carbons (Fsp3) is 0.522. The topological polar surface area (TPSA) is 52.6 Å². The van der Waals surface area contributed by atoms with Crippen molar-refractivity contribution in [2.24, 2.45) is 5.92 Å². The summed E-state index contributed by atoms with van der Waals surface area (Å²) < 4.78 is 0. The lowest BCUT2D eigenvalue weighted by atomic mass is 10.00. The highest BCUT2D eigenvalue weighted by molar-refractivity contribution is 5.93. The average Bonchev–Trinajstić information content (AvgIpc) is 2.75. The second-order valence-electron chi connectivity index (χ2n) is 8.45. The number of rotatable bonds is 3. The van der Waals surface area contributed by atoms with Crippen molar-refractivity contribution >= 4 is 17.4 Å². The van der Waals surface area contributed by atoms with E-state index >= 15 is 0 Å². The third kappa shape index (κ3) is 4.21. The number of hydrogen-bond acceptors (Lipinski definition) is 5. The normalized spacial score (nSPS) is 20.1. The number of piperazine rings is 1. The number of piperidine rings is 1. The quantitative estimate of drug-likeness (QED) is 0.801. The monoisotopic (exact) mass is 393 g/mol. The Morgan fingerprint density at radius 3 is 2.55 bits per heavy atom. The summed E-state index contributed by atoms with van der Waals surface area (Å²) in [6.07, 6.45) is 3.81. The van der Waals surface area contributed by atoms with E-state index in [9.17, 15) is 4.79 Å². The van der Waals surface area contributed by atoms with Gasteiger partial charge < -0.3 is 14.7 Å². The van der Waals surface area contributed by atoms with Gasteiger partial charge in [-0.25, -0.2) is 9.97 Å². The molecule has 2 saturated heterocycles. The number of likely N-dealkylation sites (tertiary alicyclic amines) is 1. The van der Waals surface area contributed by atoms with E-state index < -0.39 is 0 Å². The third-order valence-electron chi connectivity index (χ3n) is 6.34. The van der Waals surface area contributed by atoms with Crippen molar-refractivity contribution in [3.05, 3.63) is 47.4 Å². The Bertz CT molecular complexity index is 875. The van der Waals surface area contributed by atoms with Gasteiger partial charge in [-0.15, -0.1) is 0 Å². The standard InChI is InChI=1S/C23H31N5O/c1-17-6-5-9-28(15-17)23(29)20-14-22(25-16-24-20)27-12-10-26(11-13-27)21-8-4-7-18(2)19(21)3/h4,7-8,14,16-17H,5-6,9-13,15H2,1-3H3. The van der Waals surface area contributed by atoms with Crippen LogP contribution < -0.4 is 9.80 Å². The van der Waals surface area contributed by atoms with Gasteiger partial charge in [-0.1, -0.05) is 19.1 Å². The third-order valence-corrected chi connectivity index (χ3v) is 6.34. The van der Waals surface area contributed by atoms with Crippen LogP contribution in [0.3, 0.4) is 0 Å². The maximum Gasteiger partial charge on any atom is 0.272 e. The molecule has 0 N–H and O–H groups in total. The summed E-state index contributed by atoms with van der Waals surface area (Å²) in [6.45, 7) is 11.9. The molecule has 1 unspecified atom stereocenters. The number of carbonyl (C=O) groups is 1. The van der Waals surface area contributed by atoms with Gasteiger partial charge in [0.05, 0.1) is 0 Å². The van der Waals surface area contributed by atoms with Gasteiger partial charge in [-0.3, -0.25) is 4.79 Å². The molecular formula is C23H31N5O. The number of amides is 1. The van der Waals surface area contributed by atoms with Crippen molar-refractivity contribution in [2.45, 2.75) is 33.6 Å². The Morgan fingerprint density at radius 1 is 1.03 bits per heavy atom. The van der Waals surface area contributed by atoms with Gasteiger partial charge in [0.1, 0.15) is 17.8 Å². The summed E-state index contributed by atoms with van der Waals surface area (Å²) in [6, 6.07) is 8.37. The first-order valence-corrected chi connectivity index (χ1v) is 10.7. The van der Waals surface area contributed by atoms with Crippen molar-refractivity contribution in [2.75, 3.05) is 49.1 Å². The molecular weight excluding hydrogens is 362 g/mol. The fourth-order valence-electron chi connectivity index (χ4n) is 4.43. The molecule has 0 radical (unpaired) electrons. The number of carbonyl (C=O) groups excluding carboxylic acids is 1. The second-order valence-corrected chi connectivity index (χ2v) is 8.45. The van der Waals surface area contributed by atoms with Crippen LogP contribution in [-0.2, 0) is 0 Å². The molecule has 1 aromatic heterocycles. The van der Waals surface area contributed by atoms with Gasteiger partial charge in [0.15, 0.2) is 0 Å². The smallest absolute Gasteiger partial charge is 0.272 e. The van der Waals surface area contributed by atoms with Crippen molar-refractivity contribution in [3.8, 4) is 0 Å². The number of anilines is 2. The van der Waals surface area contributed by atoms with Gasteiger partial charge in [-0.05, 0) is 49.8 Å². The second kappa shape index (κ2) is 8.39. The van der Waals surface area contributed by atoms with E-state index in [-0.39, 0.29) is 5.91 Å². The van der Waals surface area contributed by atoms with Crippen LogP contribution in [0.2, 0.25) is 0 Å². The van der Waals surface area contributed by atoms with E-state index in [1.54, 1.807) is 0 Å². The van der Waals surface area contributed by atoms with Crippen LogP contribution in [0.5, 0.6) is 0 Å². The molecule has 6 nitrogen and oxygen atoms in total. The van der Waals surface area contributed by atoms with Crippen LogP contribution in [0.1, 0.15) is 41.4 Å². The Hall–Kier alpha value is -2.63. The molecule has 0 saturated carbocycles. The molecule has 1 atom stereocenters. The van der Waals surface area contributed by atoms with Crippen LogP contribution in [0, 0.1) is 19.8 Å². The summed E-state index contributed by atoms with van der Waals surface area (Å²) in [5.74, 6) is 1.45. The Balaban J connectivity index is 1.43. The summed E-state index contributed by atoms with van der Waals surface area (Å²) in [5.41, 5.74) is 4.52. The molecule has 2 aromatic rings. The number of aryl methyl sites for hydroxylation is 1. The largest absolute Gasteiger partial charge is 0.368 e.